The van der Waals surface area contributed by atoms with Crippen LogP contribution < -0.4 is 19.5 Å². The summed E-state index contributed by atoms with van der Waals surface area (Å²) in [5, 5.41) is 2.66. The third-order valence-corrected chi connectivity index (χ3v) is 3.13. The normalized spacial score (nSPS) is 10.0. The molecule has 0 atom stereocenters. The Morgan fingerprint density at radius 1 is 1.04 bits per heavy atom. The van der Waals surface area contributed by atoms with Gasteiger partial charge in [-0.1, -0.05) is 0 Å². The number of methoxy groups -OCH3 is 2. The van der Waals surface area contributed by atoms with Crippen LogP contribution >= 0.6 is 0 Å². The number of hydrogen-bond acceptors (Lipinski definition) is 4. The van der Waals surface area contributed by atoms with E-state index in [1.807, 2.05) is 0 Å². The highest BCUT2D eigenvalue weighted by molar-refractivity contribution is 5.94. The number of benzene rings is 2. The average molecular weight is 319 g/mol. The Morgan fingerprint density at radius 3 is 2.35 bits per heavy atom. The molecular weight excluding hydrogens is 301 g/mol. The van der Waals surface area contributed by atoms with Crippen LogP contribution in [0.15, 0.2) is 42.5 Å². The first kappa shape index (κ1) is 16.6. The number of carbonyl (C=O) groups is 1. The molecule has 0 aliphatic heterocycles. The third kappa shape index (κ3) is 4.60. The fraction of sp³-hybridized carbons (Fsp3) is 0.235. The van der Waals surface area contributed by atoms with Gasteiger partial charge in [0.05, 0.1) is 20.8 Å². The van der Waals surface area contributed by atoms with Gasteiger partial charge in [-0.3, -0.25) is 4.79 Å². The second-order valence-corrected chi connectivity index (χ2v) is 4.63. The predicted octanol–water partition coefficient (Wildman–Crippen LogP) is 2.65. The van der Waals surface area contributed by atoms with Gasteiger partial charge in [-0.25, -0.2) is 4.39 Å². The SMILES string of the molecule is COc1ccc(OCCNC(=O)c2ccc(OC)c(F)c2)cc1. The Morgan fingerprint density at radius 2 is 1.74 bits per heavy atom. The highest BCUT2D eigenvalue weighted by Gasteiger charge is 2.09. The van der Waals surface area contributed by atoms with Crippen molar-refractivity contribution in [2.75, 3.05) is 27.4 Å². The van der Waals surface area contributed by atoms with E-state index in [0.717, 1.165) is 11.8 Å². The summed E-state index contributed by atoms with van der Waals surface area (Å²) in [5.74, 6) is 0.576. The predicted molar refractivity (Wildman–Crippen MR) is 83.8 cm³/mol. The Labute approximate surface area is 134 Å². The minimum Gasteiger partial charge on any atom is -0.497 e. The van der Waals surface area contributed by atoms with E-state index in [2.05, 4.69) is 5.32 Å². The highest BCUT2D eigenvalue weighted by atomic mass is 19.1. The Bertz CT molecular complexity index is 658. The molecule has 5 nitrogen and oxygen atoms in total. The molecular formula is C17H18FNO4. The fourth-order valence-electron chi connectivity index (χ4n) is 1.92. The molecule has 23 heavy (non-hydrogen) atoms. The van der Waals surface area contributed by atoms with Crippen LogP contribution in [0.4, 0.5) is 4.39 Å². The van der Waals surface area contributed by atoms with Gasteiger partial charge >= 0.3 is 0 Å². The number of halogens is 1. The molecule has 6 heteroatoms. The number of amides is 1. The summed E-state index contributed by atoms with van der Waals surface area (Å²) in [6, 6.07) is 11.2. The lowest BCUT2D eigenvalue weighted by Crippen LogP contribution is -2.28. The van der Waals surface area contributed by atoms with Gasteiger partial charge in [-0.2, -0.15) is 0 Å². The monoisotopic (exact) mass is 319 g/mol. The van der Waals surface area contributed by atoms with Gasteiger partial charge in [-0.05, 0) is 42.5 Å². The summed E-state index contributed by atoms with van der Waals surface area (Å²) in [6.45, 7) is 0.606. The maximum atomic E-state index is 13.5. The Kier molecular flexibility index (Phi) is 5.80. The molecule has 2 rings (SSSR count). The maximum absolute atomic E-state index is 13.5. The van der Waals surface area contributed by atoms with Crippen molar-refractivity contribution in [3.05, 3.63) is 53.8 Å². The van der Waals surface area contributed by atoms with Crippen molar-refractivity contribution >= 4 is 5.91 Å². The van der Waals surface area contributed by atoms with Crippen molar-refractivity contribution in [1.82, 2.24) is 5.32 Å². The maximum Gasteiger partial charge on any atom is 0.251 e. The summed E-state index contributed by atoms with van der Waals surface area (Å²) in [5.41, 5.74) is 0.229. The van der Waals surface area contributed by atoms with Crippen molar-refractivity contribution in [1.29, 1.82) is 0 Å². The molecule has 0 fully saturated rings. The van der Waals surface area contributed by atoms with Crippen molar-refractivity contribution in [2.24, 2.45) is 0 Å². The van der Waals surface area contributed by atoms with E-state index >= 15 is 0 Å². The van der Waals surface area contributed by atoms with E-state index in [-0.39, 0.29) is 17.2 Å². The number of nitrogens with one attached hydrogen (secondary N) is 1. The topological polar surface area (TPSA) is 56.8 Å². The van der Waals surface area contributed by atoms with Crippen LogP contribution in [0.25, 0.3) is 0 Å². The van der Waals surface area contributed by atoms with Gasteiger partial charge in [0, 0.05) is 5.56 Å². The lowest BCUT2D eigenvalue weighted by atomic mass is 10.2. The van der Waals surface area contributed by atoms with Gasteiger partial charge in [0.15, 0.2) is 11.6 Å². The lowest BCUT2D eigenvalue weighted by Gasteiger charge is -2.09. The second kappa shape index (κ2) is 8.03. The van der Waals surface area contributed by atoms with E-state index in [0.29, 0.717) is 18.9 Å². The first-order chi connectivity index (χ1) is 11.1. The molecule has 0 spiro atoms. The van der Waals surface area contributed by atoms with Crippen molar-refractivity contribution in [2.45, 2.75) is 0 Å². The Hall–Kier alpha value is -2.76. The Balaban J connectivity index is 1.79. The van der Waals surface area contributed by atoms with E-state index in [1.165, 1.54) is 19.2 Å². The number of carbonyl (C=O) groups excluding carboxylic acids is 1. The van der Waals surface area contributed by atoms with E-state index in [4.69, 9.17) is 14.2 Å². The van der Waals surface area contributed by atoms with E-state index < -0.39 is 5.82 Å². The molecule has 2 aromatic rings. The van der Waals surface area contributed by atoms with E-state index in [1.54, 1.807) is 31.4 Å². The van der Waals surface area contributed by atoms with Gasteiger partial charge in [0.25, 0.3) is 5.91 Å². The second-order valence-electron chi connectivity index (χ2n) is 4.63. The summed E-state index contributed by atoms with van der Waals surface area (Å²) in [4.78, 5) is 11.9. The van der Waals surface area contributed by atoms with E-state index in [9.17, 15) is 9.18 Å². The molecule has 1 amide bonds. The third-order valence-electron chi connectivity index (χ3n) is 3.13. The largest absolute Gasteiger partial charge is 0.497 e. The van der Waals surface area contributed by atoms with Crippen LogP contribution in [-0.4, -0.2) is 33.3 Å². The zero-order valence-corrected chi connectivity index (χ0v) is 13.0. The number of ether oxygens (including phenoxy) is 3. The van der Waals surface area contributed by atoms with Crippen molar-refractivity contribution in [3.63, 3.8) is 0 Å². The first-order valence-electron chi connectivity index (χ1n) is 7.02. The molecule has 0 saturated carbocycles. The molecule has 0 aliphatic rings. The van der Waals surface area contributed by atoms with Crippen LogP contribution in [0.3, 0.4) is 0 Å². The molecule has 122 valence electrons. The van der Waals surface area contributed by atoms with Crippen LogP contribution in [0.5, 0.6) is 17.2 Å². The van der Waals surface area contributed by atoms with Crippen LogP contribution in [-0.2, 0) is 0 Å². The lowest BCUT2D eigenvalue weighted by molar-refractivity contribution is 0.0946. The standard InChI is InChI=1S/C17H18FNO4/c1-21-13-4-6-14(7-5-13)23-10-9-19-17(20)12-3-8-16(22-2)15(18)11-12/h3-8,11H,9-10H2,1-2H3,(H,19,20). The van der Waals surface area contributed by atoms with Gasteiger partial charge in [-0.15, -0.1) is 0 Å². The van der Waals surface area contributed by atoms with Crippen LogP contribution in [0.1, 0.15) is 10.4 Å². The minimum atomic E-state index is -0.574. The summed E-state index contributed by atoms with van der Waals surface area (Å²) in [6.07, 6.45) is 0. The zero-order chi connectivity index (χ0) is 16.7. The number of rotatable bonds is 7. The fourth-order valence-corrected chi connectivity index (χ4v) is 1.92. The number of hydrogen-bond donors (Lipinski definition) is 1. The molecule has 0 saturated heterocycles. The van der Waals surface area contributed by atoms with Gasteiger partial charge in [0.2, 0.25) is 0 Å². The molecule has 0 bridgehead atoms. The van der Waals surface area contributed by atoms with Gasteiger partial charge in [0.1, 0.15) is 18.1 Å². The smallest absolute Gasteiger partial charge is 0.251 e. The van der Waals surface area contributed by atoms with Gasteiger partial charge < -0.3 is 19.5 Å². The summed E-state index contributed by atoms with van der Waals surface area (Å²) in [7, 11) is 2.96. The average Bonchev–Trinajstić information content (AvgIpc) is 2.59. The quantitative estimate of drug-likeness (QED) is 0.797. The molecule has 0 unspecified atom stereocenters. The molecule has 2 aromatic carbocycles. The van der Waals surface area contributed by atoms with Crippen molar-refractivity contribution < 1.29 is 23.4 Å². The zero-order valence-electron chi connectivity index (χ0n) is 13.0. The minimum absolute atomic E-state index is 0.101. The highest BCUT2D eigenvalue weighted by Crippen LogP contribution is 2.18. The summed E-state index contributed by atoms with van der Waals surface area (Å²) >= 11 is 0. The first-order valence-corrected chi connectivity index (χ1v) is 7.02. The molecule has 0 radical (unpaired) electrons. The molecule has 0 heterocycles. The summed E-state index contributed by atoms with van der Waals surface area (Å²) < 4.78 is 28.9. The molecule has 0 aliphatic carbocycles. The van der Waals surface area contributed by atoms with Crippen LogP contribution in [0.2, 0.25) is 0 Å². The molecule has 0 aromatic heterocycles. The van der Waals surface area contributed by atoms with Crippen molar-refractivity contribution in [3.8, 4) is 17.2 Å². The van der Waals surface area contributed by atoms with Crippen LogP contribution in [0, 0.1) is 5.82 Å². The molecule has 1 N–H and O–H groups in total.